The number of nitrogens with one attached hydrogen (secondary N) is 3. The van der Waals surface area contributed by atoms with E-state index in [0.717, 1.165) is 25.9 Å². The lowest BCUT2D eigenvalue weighted by atomic mass is 10.2. The highest BCUT2D eigenvalue weighted by molar-refractivity contribution is 7.89. The number of nitrogens with zero attached hydrogens (tertiary/aromatic N) is 3. The van der Waals surface area contributed by atoms with Gasteiger partial charge >= 0.3 is 0 Å². The van der Waals surface area contributed by atoms with Crippen LogP contribution in [0.3, 0.4) is 0 Å². The molecular weight excluding hydrogens is 492 g/mol. The summed E-state index contributed by atoms with van der Waals surface area (Å²) >= 11 is 6.01. The minimum Gasteiger partial charge on any atom is -0.508 e. The van der Waals surface area contributed by atoms with E-state index in [2.05, 4.69) is 30.2 Å². The summed E-state index contributed by atoms with van der Waals surface area (Å²) < 4.78 is 27.7. The van der Waals surface area contributed by atoms with Crippen LogP contribution in [0.1, 0.15) is 23.2 Å². The zero-order chi connectivity index (χ0) is 24.8. The van der Waals surface area contributed by atoms with Crippen LogP contribution in [0.15, 0.2) is 59.8 Å². The highest BCUT2D eigenvalue weighted by Crippen LogP contribution is 2.22. The number of carbonyl (C=O) groups excluding carboxylic acids is 1. The van der Waals surface area contributed by atoms with Gasteiger partial charge in [0.1, 0.15) is 5.75 Å². The molecule has 35 heavy (non-hydrogen) atoms. The summed E-state index contributed by atoms with van der Waals surface area (Å²) in [5.74, 6) is -0.328. The number of carbonyl (C=O) groups is 1. The SMILES string of the molecule is O=C(Nc1cnc(Nc2ccc(S(=O)(=O)NCCN3CCCC3)cc2)nc1)c1cc(O)ccc1Cl. The van der Waals surface area contributed by atoms with Crippen molar-refractivity contribution < 1.29 is 18.3 Å². The Balaban J connectivity index is 1.32. The lowest BCUT2D eigenvalue weighted by Crippen LogP contribution is -2.33. The summed E-state index contributed by atoms with van der Waals surface area (Å²) in [6.07, 6.45) is 5.15. The molecule has 0 radical (unpaired) electrons. The van der Waals surface area contributed by atoms with E-state index in [1.807, 2.05) is 0 Å². The Kier molecular flexibility index (Phi) is 7.81. The normalized spacial score (nSPS) is 14.1. The highest BCUT2D eigenvalue weighted by atomic mass is 35.5. The van der Waals surface area contributed by atoms with Crippen LogP contribution in [0.25, 0.3) is 0 Å². The van der Waals surface area contributed by atoms with Crippen molar-refractivity contribution >= 4 is 44.9 Å². The Bertz CT molecular complexity index is 1280. The summed E-state index contributed by atoms with van der Waals surface area (Å²) in [6, 6.07) is 10.3. The first-order valence-corrected chi connectivity index (χ1v) is 12.9. The Morgan fingerprint density at radius 2 is 1.71 bits per heavy atom. The first-order chi connectivity index (χ1) is 16.8. The third kappa shape index (κ3) is 6.67. The maximum atomic E-state index is 12.5. The van der Waals surface area contributed by atoms with Gasteiger partial charge in [0.25, 0.3) is 5.91 Å². The molecule has 3 aromatic rings. The zero-order valence-electron chi connectivity index (χ0n) is 18.7. The number of likely N-dealkylation sites (tertiary alicyclic amines) is 1. The topological polar surface area (TPSA) is 137 Å². The molecule has 12 heteroatoms. The number of hydrogen-bond acceptors (Lipinski definition) is 8. The predicted molar refractivity (Wildman–Crippen MR) is 134 cm³/mol. The number of phenolic OH excluding ortho intramolecular Hbond substituents is 1. The number of halogens is 1. The second-order valence-electron chi connectivity index (χ2n) is 8.01. The maximum absolute atomic E-state index is 12.5. The number of amides is 1. The van der Waals surface area contributed by atoms with E-state index in [1.165, 1.54) is 42.7 Å². The van der Waals surface area contributed by atoms with Gasteiger partial charge in [-0.05, 0) is 68.4 Å². The second-order valence-corrected chi connectivity index (χ2v) is 10.2. The maximum Gasteiger partial charge on any atom is 0.257 e. The quantitative estimate of drug-likeness (QED) is 0.340. The van der Waals surface area contributed by atoms with Gasteiger partial charge in [-0.25, -0.2) is 23.1 Å². The average molecular weight is 517 g/mol. The molecule has 0 atom stereocenters. The number of anilines is 3. The fraction of sp³-hybridized carbons (Fsp3) is 0.261. The molecule has 0 spiro atoms. The Hall–Kier alpha value is -3.25. The van der Waals surface area contributed by atoms with E-state index in [-0.39, 0.29) is 27.2 Å². The number of hydrogen-bond donors (Lipinski definition) is 4. The van der Waals surface area contributed by atoms with Crippen molar-refractivity contribution in [2.45, 2.75) is 17.7 Å². The van der Waals surface area contributed by atoms with Gasteiger partial charge in [-0.2, -0.15) is 0 Å². The summed E-state index contributed by atoms with van der Waals surface area (Å²) in [5.41, 5.74) is 1.06. The molecule has 1 aliphatic rings. The van der Waals surface area contributed by atoms with Crippen LogP contribution in [-0.2, 0) is 10.0 Å². The van der Waals surface area contributed by atoms with Crippen molar-refractivity contribution in [2.75, 3.05) is 36.8 Å². The largest absolute Gasteiger partial charge is 0.508 e. The fourth-order valence-corrected chi connectivity index (χ4v) is 4.84. The first kappa shape index (κ1) is 24.9. The Labute approximate surface area is 208 Å². The van der Waals surface area contributed by atoms with Crippen LogP contribution in [-0.4, -0.2) is 60.5 Å². The predicted octanol–water partition coefficient (Wildman–Crippen LogP) is 3.21. The molecule has 4 rings (SSSR count). The third-order valence-electron chi connectivity index (χ3n) is 5.44. The van der Waals surface area contributed by atoms with Crippen molar-refractivity contribution in [3.05, 3.63) is 65.4 Å². The number of benzene rings is 2. The van der Waals surface area contributed by atoms with Crippen molar-refractivity contribution in [2.24, 2.45) is 0 Å². The molecule has 0 saturated carbocycles. The first-order valence-electron chi connectivity index (χ1n) is 11.0. The molecule has 1 aromatic heterocycles. The molecule has 2 aromatic carbocycles. The van der Waals surface area contributed by atoms with Crippen LogP contribution in [0, 0.1) is 0 Å². The molecule has 2 heterocycles. The summed E-state index contributed by atoms with van der Waals surface area (Å²) in [7, 11) is -3.59. The van der Waals surface area contributed by atoms with Gasteiger partial charge in [0.15, 0.2) is 0 Å². The average Bonchev–Trinajstić information content (AvgIpc) is 3.36. The van der Waals surface area contributed by atoms with Crippen LogP contribution < -0.4 is 15.4 Å². The van der Waals surface area contributed by atoms with E-state index >= 15 is 0 Å². The van der Waals surface area contributed by atoms with Gasteiger partial charge in [-0.1, -0.05) is 11.6 Å². The third-order valence-corrected chi connectivity index (χ3v) is 7.25. The van der Waals surface area contributed by atoms with Crippen molar-refractivity contribution in [1.29, 1.82) is 0 Å². The number of rotatable bonds is 9. The number of aromatic hydroxyl groups is 1. The summed E-state index contributed by atoms with van der Waals surface area (Å²) in [5, 5.41) is 15.4. The summed E-state index contributed by atoms with van der Waals surface area (Å²) in [6.45, 7) is 3.11. The number of aromatic nitrogens is 2. The minimum absolute atomic E-state index is 0.0768. The molecule has 1 fully saturated rings. The standard InChI is InChI=1S/C23H25ClN6O4S/c24-21-8-5-18(31)13-20(21)22(32)28-17-14-25-23(26-15-17)29-16-3-6-19(7-4-16)35(33,34)27-9-12-30-10-1-2-11-30/h3-8,13-15,27,31H,1-2,9-12H2,(H,28,32)(H,25,26,29). The molecular formula is C23H25ClN6O4S. The summed E-state index contributed by atoms with van der Waals surface area (Å²) in [4.78, 5) is 23.1. The fourth-order valence-electron chi connectivity index (χ4n) is 3.62. The van der Waals surface area contributed by atoms with Gasteiger partial charge in [-0.3, -0.25) is 4.79 Å². The van der Waals surface area contributed by atoms with Crippen LogP contribution in [0.4, 0.5) is 17.3 Å². The molecule has 1 saturated heterocycles. The van der Waals surface area contributed by atoms with Crippen LogP contribution in [0.5, 0.6) is 5.75 Å². The molecule has 1 aliphatic heterocycles. The highest BCUT2D eigenvalue weighted by Gasteiger charge is 2.16. The molecule has 184 valence electrons. The minimum atomic E-state index is -3.59. The van der Waals surface area contributed by atoms with E-state index in [9.17, 15) is 18.3 Å². The lowest BCUT2D eigenvalue weighted by Gasteiger charge is -2.15. The second kappa shape index (κ2) is 11.0. The number of phenols is 1. The molecule has 1 amide bonds. The monoisotopic (exact) mass is 516 g/mol. The van der Waals surface area contributed by atoms with Crippen molar-refractivity contribution in [1.82, 2.24) is 19.6 Å². The van der Waals surface area contributed by atoms with Crippen LogP contribution in [0.2, 0.25) is 5.02 Å². The van der Waals surface area contributed by atoms with E-state index < -0.39 is 15.9 Å². The number of sulfonamides is 1. The molecule has 0 bridgehead atoms. The van der Waals surface area contributed by atoms with E-state index in [4.69, 9.17) is 11.6 Å². The van der Waals surface area contributed by atoms with Crippen molar-refractivity contribution in [3.8, 4) is 5.75 Å². The smallest absolute Gasteiger partial charge is 0.257 e. The Morgan fingerprint density at radius 1 is 1.03 bits per heavy atom. The molecule has 0 unspecified atom stereocenters. The molecule has 4 N–H and O–H groups in total. The van der Waals surface area contributed by atoms with Gasteiger partial charge in [0, 0.05) is 18.8 Å². The molecule has 10 nitrogen and oxygen atoms in total. The lowest BCUT2D eigenvalue weighted by molar-refractivity contribution is 0.102. The van der Waals surface area contributed by atoms with Gasteiger partial charge in [-0.15, -0.1) is 0 Å². The van der Waals surface area contributed by atoms with Crippen molar-refractivity contribution in [3.63, 3.8) is 0 Å². The zero-order valence-corrected chi connectivity index (χ0v) is 20.3. The molecule has 0 aliphatic carbocycles. The van der Waals surface area contributed by atoms with Gasteiger partial charge < -0.3 is 20.6 Å². The Morgan fingerprint density at radius 3 is 2.40 bits per heavy atom. The van der Waals surface area contributed by atoms with Crippen LogP contribution >= 0.6 is 11.6 Å². The van der Waals surface area contributed by atoms with Gasteiger partial charge in [0.2, 0.25) is 16.0 Å². The van der Waals surface area contributed by atoms with E-state index in [1.54, 1.807) is 12.1 Å². The van der Waals surface area contributed by atoms with E-state index in [0.29, 0.717) is 24.5 Å². The van der Waals surface area contributed by atoms with Gasteiger partial charge in [0.05, 0.1) is 33.6 Å².